The number of rotatable bonds is 0. The number of halogens is 1. The monoisotopic (exact) mass is 352 g/mol. The van der Waals surface area contributed by atoms with Crippen LogP contribution in [0.5, 0.6) is 0 Å². The van der Waals surface area contributed by atoms with Gasteiger partial charge in [0.05, 0.1) is 26.0 Å². The summed E-state index contributed by atoms with van der Waals surface area (Å²) in [6.07, 6.45) is 0. The third kappa shape index (κ3) is 3.12. The number of fused-ring (bicyclic) bond motifs is 1. The van der Waals surface area contributed by atoms with E-state index in [1.165, 1.54) is 0 Å². The van der Waals surface area contributed by atoms with Crippen molar-refractivity contribution in [1.29, 1.82) is 0 Å². The molecular formula is C16H15ClNO6+. The minimum atomic E-state index is -4.69. The Morgan fingerprint density at radius 3 is 2.25 bits per heavy atom. The number of benzene rings is 2. The number of amides is 1. The standard InChI is InChI=1S/C16H14NO2.ClHO4/c1-16(2)9-17-14(18)11-7-3-5-10-6-4-8-12(13(10)11)15(17)19-16;2-1(3,4)5/h3-8H,9H2,1-2H3;(H,2,3,4,5)/q+1;. The number of carbonyl (C=O) groups excluding carboxylic acids is 1. The molecule has 2 aromatic carbocycles. The van der Waals surface area contributed by atoms with Crippen molar-refractivity contribution >= 4 is 22.6 Å². The van der Waals surface area contributed by atoms with Crippen LogP contribution < -0.4 is 14.0 Å². The predicted molar refractivity (Wildman–Crippen MR) is 74.9 cm³/mol. The molecule has 0 saturated heterocycles. The fraction of sp³-hybridized carbons (Fsp3) is 0.250. The molecule has 4 rings (SSSR count). The molecule has 0 radical (unpaired) electrons. The van der Waals surface area contributed by atoms with Crippen LogP contribution in [0.15, 0.2) is 36.4 Å². The maximum absolute atomic E-state index is 12.6. The van der Waals surface area contributed by atoms with E-state index in [-0.39, 0.29) is 11.5 Å². The molecule has 7 nitrogen and oxygen atoms in total. The molecule has 1 N–H and O–H groups in total. The summed E-state index contributed by atoms with van der Waals surface area (Å²) in [5.41, 5.74) is 1.48. The normalized spacial score (nSPS) is 18.0. The van der Waals surface area contributed by atoms with Crippen LogP contribution in [0.25, 0.3) is 10.8 Å². The van der Waals surface area contributed by atoms with E-state index in [1.54, 1.807) is 4.58 Å². The summed E-state index contributed by atoms with van der Waals surface area (Å²) < 4.78 is 40.5. The van der Waals surface area contributed by atoms with Crippen molar-refractivity contribution in [2.75, 3.05) is 6.54 Å². The van der Waals surface area contributed by atoms with Crippen molar-refractivity contribution in [2.45, 2.75) is 19.4 Å². The molecule has 0 bridgehead atoms. The summed E-state index contributed by atoms with van der Waals surface area (Å²) in [5, 5.41) is 2.10. The lowest BCUT2D eigenvalue weighted by atomic mass is 9.96. The zero-order chi connectivity index (χ0) is 17.7. The summed E-state index contributed by atoms with van der Waals surface area (Å²) >= 11 is 0. The molecule has 1 amide bonds. The summed E-state index contributed by atoms with van der Waals surface area (Å²) in [7, 11) is -4.69. The summed E-state index contributed by atoms with van der Waals surface area (Å²) in [6, 6.07) is 11.9. The molecule has 0 aliphatic carbocycles. The van der Waals surface area contributed by atoms with E-state index in [9.17, 15) is 4.79 Å². The SMILES string of the molecule is CC1(C)C[N+]2=C(O1)c1cccc3cccc(c13)C2=O.[O-][Cl+3]([O-])([O-])O. The first kappa shape index (κ1) is 16.8. The first-order chi connectivity index (χ1) is 11.1. The minimum absolute atomic E-state index is 0.0462. The van der Waals surface area contributed by atoms with E-state index in [4.69, 9.17) is 23.4 Å². The molecular weight excluding hydrogens is 338 g/mol. The van der Waals surface area contributed by atoms with E-state index in [1.807, 2.05) is 50.2 Å². The molecule has 2 aliphatic rings. The van der Waals surface area contributed by atoms with Crippen LogP contribution in [0.1, 0.15) is 29.8 Å². The lowest BCUT2D eigenvalue weighted by molar-refractivity contribution is -1.92. The second-order valence-corrected chi connectivity index (χ2v) is 6.96. The lowest BCUT2D eigenvalue weighted by Crippen LogP contribution is -2.58. The molecule has 126 valence electrons. The molecule has 0 atom stereocenters. The lowest BCUT2D eigenvalue weighted by Gasteiger charge is -2.13. The van der Waals surface area contributed by atoms with E-state index in [2.05, 4.69) is 0 Å². The third-order valence-electron chi connectivity index (χ3n) is 3.77. The van der Waals surface area contributed by atoms with Crippen LogP contribution in [0.4, 0.5) is 0 Å². The van der Waals surface area contributed by atoms with Crippen LogP contribution in [0.3, 0.4) is 0 Å². The molecule has 2 heterocycles. The van der Waals surface area contributed by atoms with Gasteiger partial charge in [-0.05, 0) is 31.4 Å². The molecule has 2 aromatic rings. The van der Waals surface area contributed by atoms with Crippen molar-refractivity contribution in [3.8, 4) is 0 Å². The molecule has 0 unspecified atom stereocenters. The second kappa shape index (κ2) is 5.51. The summed E-state index contributed by atoms with van der Waals surface area (Å²) in [6.45, 7) is 4.62. The first-order valence-corrected chi connectivity index (χ1v) is 8.36. The van der Waals surface area contributed by atoms with E-state index in [0.717, 1.165) is 21.9 Å². The molecule has 0 aromatic heterocycles. The van der Waals surface area contributed by atoms with E-state index >= 15 is 0 Å². The maximum Gasteiger partial charge on any atom is 0.423 e. The Morgan fingerprint density at radius 2 is 1.67 bits per heavy atom. The van der Waals surface area contributed by atoms with Gasteiger partial charge in [0.15, 0.2) is 12.1 Å². The number of hydrogen-bond donors (Lipinski definition) is 1. The Labute approximate surface area is 139 Å². The zero-order valence-electron chi connectivity index (χ0n) is 13.0. The van der Waals surface area contributed by atoms with Gasteiger partial charge in [0.2, 0.25) is 0 Å². The highest BCUT2D eigenvalue weighted by molar-refractivity contribution is 6.18. The van der Waals surface area contributed by atoms with Crippen LogP contribution in [0, 0.1) is 10.2 Å². The van der Waals surface area contributed by atoms with Gasteiger partial charge in [-0.2, -0.15) is 14.0 Å². The average Bonchev–Trinajstić information content (AvgIpc) is 2.79. The topological polar surface area (TPSA) is 119 Å². The Kier molecular flexibility index (Phi) is 3.86. The fourth-order valence-corrected chi connectivity index (χ4v) is 3.01. The molecule has 24 heavy (non-hydrogen) atoms. The van der Waals surface area contributed by atoms with Crippen LogP contribution in [0.2, 0.25) is 0 Å². The fourth-order valence-electron chi connectivity index (χ4n) is 3.01. The quantitative estimate of drug-likeness (QED) is 0.573. The number of nitrogens with zero attached hydrogens (tertiary/aromatic N) is 1. The van der Waals surface area contributed by atoms with Gasteiger partial charge in [0.25, 0.3) is 0 Å². The largest absolute Gasteiger partial charge is 0.431 e. The van der Waals surface area contributed by atoms with Gasteiger partial charge in [-0.25, -0.2) is 4.79 Å². The van der Waals surface area contributed by atoms with Crippen molar-refractivity contribution < 1.29 is 43.0 Å². The minimum Gasteiger partial charge on any atom is -0.431 e. The molecule has 0 saturated carbocycles. The Morgan fingerprint density at radius 1 is 1.12 bits per heavy atom. The molecule has 0 fully saturated rings. The molecule has 0 spiro atoms. The highest BCUT2D eigenvalue weighted by atomic mass is 35.7. The third-order valence-corrected chi connectivity index (χ3v) is 3.77. The van der Waals surface area contributed by atoms with Gasteiger partial charge >= 0.3 is 11.8 Å². The number of ether oxygens (including phenoxy) is 1. The van der Waals surface area contributed by atoms with Crippen LogP contribution in [-0.4, -0.2) is 33.2 Å². The summed E-state index contributed by atoms with van der Waals surface area (Å²) in [4.78, 5) is 12.6. The van der Waals surface area contributed by atoms with Gasteiger partial charge in [-0.15, -0.1) is 4.58 Å². The van der Waals surface area contributed by atoms with Gasteiger partial charge in [-0.1, -0.05) is 24.3 Å². The molecule has 2 aliphatic heterocycles. The van der Waals surface area contributed by atoms with Crippen molar-refractivity contribution in [3.05, 3.63) is 47.5 Å². The Balaban J connectivity index is 0.000000300. The van der Waals surface area contributed by atoms with E-state index < -0.39 is 10.2 Å². The van der Waals surface area contributed by atoms with Gasteiger partial charge in [0, 0.05) is 5.39 Å². The van der Waals surface area contributed by atoms with Gasteiger partial charge in [-0.3, -0.25) is 0 Å². The summed E-state index contributed by atoms with van der Waals surface area (Å²) in [5.74, 6) is 0.754. The second-order valence-electron chi connectivity index (χ2n) is 6.16. The average molecular weight is 353 g/mol. The smallest absolute Gasteiger partial charge is 0.423 e. The first-order valence-electron chi connectivity index (χ1n) is 7.10. The molecule has 8 heteroatoms. The number of carbonyl (C=O) groups is 1. The van der Waals surface area contributed by atoms with Crippen LogP contribution in [-0.2, 0) is 4.74 Å². The Bertz CT molecular complexity index is 857. The van der Waals surface area contributed by atoms with Gasteiger partial charge < -0.3 is 4.74 Å². The zero-order valence-corrected chi connectivity index (χ0v) is 13.7. The maximum atomic E-state index is 12.6. The van der Waals surface area contributed by atoms with Crippen molar-refractivity contribution in [3.63, 3.8) is 0 Å². The predicted octanol–water partition coefficient (Wildman–Crippen LogP) is -1.56. The highest BCUT2D eigenvalue weighted by Crippen LogP contribution is 2.32. The van der Waals surface area contributed by atoms with Crippen molar-refractivity contribution in [2.24, 2.45) is 0 Å². The van der Waals surface area contributed by atoms with Crippen molar-refractivity contribution in [1.82, 2.24) is 0 Å². The Hall–Kier alpha value is -2.03. The van der Waals surface area contributed by atoms with E-state index in [0.29, 0.717) is 12.4 Å². The van der Waals surface area contributed by atoms with Crippen LogP contribution >= 0.6 is 0 Å². The highest BCUT2D eigenvalue weighted by Gasteiger charge is 2.47. The number of hydrogen-bond acceptors (Lipinski definition) is 6. The van der Waals surface area contributed by atoms with Gasteiger partial charge in [0.1, 0.15) is 0 Å².